The largest absolute Gasteiger partial charge is 0.465 e. The average Bonchev–Trinajstić information content (AvgIpc) is 3.06. The van der Waals surface area contributed by atoms with Gasteiger partial charge in [0.15, 0.2) is 0 Å². The van der Waals surface area contributed by atoms with Crippen LogP contribution in [0.3, 0.4) is 0 Å². The lowest BCUT2D eigenvalue weighted by atomic mass is 9.44. The van der Waals surface area contributed by atoms with E-state index >= 15 is 0 Å². The van der Waals surface area contributed by atoms with E-state index in [0.29, 0.717) is 29.8 Å². The molecular formula is C20H30O3. The zero-order valence-corrected chi connectivity index (χ0v) is 14.3. The first-order valence-electron chi connectivity index (χ1n) is 9.91. The quantitative estimate of drug-likeness (QED) is 0.695. The molecule has 128 valence electrons. The van der Waals surface area contributed by atoms with Gasteiger partial charge in [0.05, 0.1) is 18.1 Å². The summed E-state index contributed by atoms with van der Waals surface area (Å²) >= 11 is 0. The number of rotatable bonds is 0. The van der Waals surface area contributed by atoms with Crippen LogP contribution in [0.2, 0.25) is 0 Å². The molecule has 3 heteroatoms. The van der Waals surface area contributed by atoms with Crippen LogP contribution in [0.15, 0.2) is 0 Å². The van der Waals surface area contributed by atoms with Crippen molar-refractivity contribution in [3.05, 3.63) is 0 Å². The first kappa shape index (κ1) is 14.7. The van der Waals surface area contributed by atoms with E-state index in [1.807, 2.05) is 0 Å². The smallest absolute Gasteiger partial charge is 0.312 e. The molecule has 1 N–H and O–H groups in total. The minimum Gasteiger partial charge on any atom is -0.465 e. The van der Waals surface area contributed by atoms with Crippen molar-refractivity contribution in [2.75, 3.05) is 6.61 Å². The van der Waals surface area contributed by atoms with E-state index in [4.69, 9.17) is 4.74 Å². The van der Waals surface area contributed by atoms with Gasteiger partial charge in [0, 0.05) is 5.92 Å². The summed E-state index contributed by atoms with van der Waals surface area (Å²) < 4.78 is 5.53. The molecule has 0 radical (unpaired) electrons. The minimum absolute atomic E-state index is 0.0692. The number of carbonyl (C=O) groups is 1. The van der Waals surface area contributed by atoms with Gasteiger partial charge in [-0.25, -0.2) is 0 Å². The number of aliphatic hydroxyl groups excluding tert-OH is 1. The molecule has 1 aliphatic heterocycles. The summed E-state index contributed by atoms with van der Waals surface area (Å²) in [7, 11) is 0. The molecule has 4 aliphatic carbocycles. The van der Waals surface area contributed by atoms with E-state index in [1.54, 1.807) is 0 Å². The second-order valence-corrected chi connectivity index (χ2v) is 9.54. The predicted molar refractivity (Wildman–Crippen MR) is 86.5 cm³/mol. The van der Waals surface area contributed by atoms with Gasteiger partial charge in [-0.15, -0.1) is 0 Å². The number of aliphatic hydroxyl groups is 1. The topological polar surface area (TPSA) is 46.5 Å². The lowest BCUT2D eigenvalue weighted by Crippen LogP contribution is -2.55. The third-order valence-electron chi connectivity index (χ3n) is 9.12. The van der Waals surface area contributed by atoms with Gasteiger partial charge >= 0.3 is 5.97 Å². The maximum atomic E-state index is 12.6. The van der Waals surface area contributed by atoms with E-state index in [9.17, 15) is 9.90 Å². The Kier molecular flexibility index (Phi) is 3.04. The van der Waals surface area contributed by atoms with Gasteiger partial charge in [0.2, 0.25) is 0 Å². The summed E-state index contributed by atoms with van der Waals surface area (Å²) in [6.45, 7) is 3.20. The molecule has 0 aromatic carbocycles. The van der Waals surface area contributed by atoms with E-state index in [1.165, 1.54) is 38.5 Å². The summed E-state index contributed by atoms with van der Waals surface area (Å²) in [5.74, 6) is 3.46. The normalized spacial score (nSPS) is 57.9. The highest BCUT2D eigenvalue weighted by Gasteiger charge is 2.67. The molecule has 23 heavy (non-hydrogen) atoms. The van der Waals surface area contributed by atoms with E-state index in [0.717, 1.165) is 31.1 Å². The molecule has 0 amide bonds. The zero-order valence-electron chi connectivity index (χ0n) is 14.3. The van der Waals surface area contributed by atoms with E-state index in [2.05, 4.69) is 6.92 Å². The Bertz CT molecular complexity index is 531. The summed E-state index contributed by atoms with van der Waals surface area (Å²) in [6, 6.07) is 0. The number of hydrogen-bond acceptors (Lipinski definition) is 3. The number of hydrogen-bond donors (Lipinski definition) is 1. The van der Waals surface area contributed by atoms with Crippen molar-refractivity contribution in [3.63, 3.8) is 0 Å². The standard InChI is InChI=1S/C20H30O3/c1-19-8-6-14(21)10-12(19)2-4-15-16(19)7-9-20-13(3-5-17(15)20)11-23-18(20)22/h12-17,21H,2-11H2,1H3/t12?,13-,14-,15-,16?,17?,19+,20+/m1/s1. The summed E-state index contributed by atoms with van der Waals surface area (Å²) in [4.78, 5) is 12.6. The van der Waals surface area contributed by atoms with Gasteiger partial charge in [0.1, 0.15) is 0 Å². The number of carbonyl (C=O) groups excluding carboxylic acids is 1. The van der Waals surface area contributed by atoms with E-state index in [-0.39, 0.29) is 17.5 Å². The average molecular weight is 318 g/mol. The minimum atomic E-state index is -0.0987. The van der Waals surface area contributed by atoms with Crippen LogP contribution in [0.25, 0.3) is 0 Å². The van der Waals surface area contributed by atoms with Crippen molar-refractivity contribution in [1.82, 2.24) is 0 Å². The summed E-state index contributed by atoms with van der Waals surface area (Å²) in [5, 5.41) is 10.1. The molecule has 5 fully saturated rings. The Hall–Kier alpha value is -0.570. The maximum Gasteiger partial charge on any atom is 0.312 e. The zero-order chi connectivity index (χ0) is 15.8. The van der Waals surface area contributed by atoms with Crippen LogP contribution in [-0.4, -0.2) is 23.8 Å². The highest BCUT2D eigenvalue weighted by molar-refractivity contribution is 5.80. The molecule has 0 bridgehead atoms. The molecule has 1 saturated heterocycles. The Balaban J connectivity index is 1.48. The molecule has 5 rings (SSSR count). The van der Waals surface area contributed by atoms with Crippen LogP contribution in [0.4, 0.5) is 0 Å². The van der Waals surface area contributed by atoms with Gasteiger partial charge in [0.25, 0.3) is 0 Å². The molecule has 3 unspecified atom stereocenters. The predicted octanol–water partition coefficient (Wildman–Crippen LogP) is 3.54. The Labute approximate surface area is 139 Å². The van der Waals surface area contributed by atoms with Crippen molar-refractivity contribution in [3.8, 4) is 0 Å². The lowest BCUT2D eigenvalue weighted by molar-refractivity contribution is -0.163. The third kappa shape index (κ3) is 1.73. The molecule has 1 heterocycles. The highest BCUT2D eigenvalue weighted by Crippen LogP contribution is 2.68. The van der Waals surface area contributed by atoms with Crippen LogP contribution < -0.4 is 0 Å². The molecule has 3 nitrogen and oxygen atoms in total. The van der Waals surface area contributed by atoms with Crippen LogP contribution >= 0.6 is 0 Å². The van der Waals surface area contributed by atoms with Crippen LogP contribution in [-0.2, 0) is 9.53 Å². The van der Waals surface area contributed by atoms with E-state index < -0.39 is 0 Å². The second kappa shape index (κ2) is 4.74. The van der Waals surface area contributed by atoms with Crippen molar-refractivity contribution in [2.24, 2.45) is 40.4 Å². The Morgan fingerprint density at radius 2 is 1.83 bits per heavy atom. The van der Waals surface area contributed by atoms with Crippen LogP contribution in [0.5, 0.6) is 0 Å². The van der Waals surface area contributed by atoms with Crippen LogP contribution in [0.1, 0.15) is 64.7 Å². The van der Waals surface area contributed by atoms with Gasteiger partial charge < -0.3 is 9.84 Å². The second-order valence-electron chi connectivity index (χ2n) is 9.54. The number of esters is 1. The fourth-order valence-corrected chi connectivity index (χ4v) is 7.98. The van der Waals surface area contributed by atoms with Gasteiger partial charge in [-0.3, -0.25) is 4.79 Å². The molecule has 0 aromatic rings. The fourth-order valence-electron chi connectivity index (χ4n) is 7.98. The molecule has 1 spiro atoms. The van der Waals surface area contributed by atoms with Gasteiger partial charge in [-0.1, -0.05) is 6.92 Å². The summed E-state index contributed by atoms with van der Waals surface area (Å²) in [6.07, 6.45) is 10.4. The number of fused-ring (bicyclic) bond motifs is 4. The van der Waals surface area contributed by atoms with Crippen molar-refractivity contribution < 1.29 is 14.6 Å². The van der Waals surface area contributed by atoms with Crippen LogP contribution in [0, 0.1) is 40.4 Å². The molecule has 0 aromatic heterocycles. The van der Waals surface area contributed by atoms with Gasteiger partial charge in [-0.05, 0) is 86.9 Å². The Morgan fingerprint density at radius 3 is 2.70 bits per heavy atom. The van der Waals surface area contributed by atoms with Crippen molar-refractivity contribution in [1.29, 1.82) is 0 Å². The third-order valence-corrected chi connectivity index (χ3v) is 9.12. The fraction of sp³-hybridized carbons (Fsp3) is 0.950. The SMILES string of the molecule is C[C@]12CC[C@@H](O)CC1CC[C@@H]1C2CC[C@]23C(=O)OC[C@H]2CCC13. The summed E-state index contributed by atoms with van der Waals surface area (Å²) in [5.41, 5.74) is 0.308. The molecule has 8 atom stereocenters. The van der Waals surface area contributed by atoms with Crippen molar-refractivity contribution >= 4 is 5.97 Å². The Morgan fingerprint density at radius 1 is 1.00 bits per heavy atom. The first-order valence-corrected chi connectivity index (χ1v) is 9.91. The first-order chi connectivity index (χ1) is 11.1. The molecular weight excluding hydrogens is 288 g/mol. The maximum absolute atomic E-state index is 12.6. The molecule has 4 saturated carbocycles. The lowest BCUT2D eigenvalue weighted by Gasteiger charge is -2.60. The highest BCUT2D eigenvalue weighted by atomic mass is 16.5. The number of cyclic esters (lactones) is 1. The molecule has 5 aliphatic rings. The monoisotopic (exact) mass is 318 g/mol. The number of ether oxygens (including phenoxy) is 1. The van der Waals surface area contributed by atoms with Crippen molar-refractivity contribution in [2.45, 2.75) is 70.8 Å². The van der Waals surface area contributed by atoms with Gasteiger partial charge in [-0.2, -0.15) is 0 Å².